The van der Waals surface area contributed by atoms with Crippen LogP contribution in [0.4, 0.5) is 11.8 Å². The molecule has 3 aromatic rings. The van der Waals surface area contributed by atoms with Gasteiger partial charge in [-0.15, -0.1) is 11.3 Å². The van der Waals surface area contributed by atoms with E-state index in [1.165, 1.54) is 37.0 Å². The Kier molecular flexibility index (Phi) is 5.86. The van der Waals surface area contributed by atoms with Crippen LogP contribution in [0.3, 0.4) is 0 Å². The Bertz CT molecular complexity index is 953. The van der Waals surface area contributed by atoms with Crippen LogP contribution in [0.1, 0.15) is 37.0 Å². The van der Waals surface area contributed by atoms with Crippen molar-refractivity contribution in [3.63, 3.8) is 0 Å². The molecule has 8 heteroatoms. The van der Waals surface area contributed by atoms with E-state index in [2.05, 4.69) is 37.7 Å². The highest BCUT2D eigenvalue weighted by Crippen LogP contribution is 2.26. The number of nitrogens with one attached hydrogen (secondary N) is 1. The van der Waals surface area contributed by atoms with E-state index in [0.717, 1.165) is 68.0 Å². The minimum absolute atomic E-state index is 0.788. The molecule has 0 amide bonds. The molecular formula is C22H31N7S. The predicted molar refractivity (Wildman–Crippen MR) is 123 cm³/mol. The first-order valence-electron chi connectivity index (χ1n) is 11.2. The number of piperazine rings is 1. The van der Waals surface area contributed by atoms with Crippen molar-refractivity contribution >= 4 is 34.1 Å². The van der Waals surface area contributed by atoms with Gasteiger partial charge in [0.25, 0.3) is 0 Å². The van der Waals surface area contributed by atoms with Crippen molar-refractivity contribution in [2.75, 3.05) is 42.9 Å². The fourth-order valence-electron chi connectivity index (χ4n) is 4.78. The summed E-state index contributed by atoms with van der Waals surface area (Å²) in [6, 6.07) is 5.08. The fraction of sp³-hybridized carbons (Fsp3) is 0.591. The van der Waals surface area contributed by atoms with Crippen LogP contribution in [0.2, 0.25) is 0 Å². The first kappa shape index (κ1) is 19.8. The monoisotopic (exact) mass is 425 g/mol. The van der Waals surface area contributed by atoms with Crippen molar-refractivity contribution in [2.45, 2.75) is 44.6 Å². The normalized spacial score (nSPS) is 18.9. The van der Waals surface area contributed by atoms with E-state index in [4.69, 9.17) is 9.97 Å². The Morgan fingerprint density at radius 1 is 1.10 bits per heavy atom. The SMILES string of the molecule is Cn1ncc2c(NCCc3cccs3)nc(N3CCN(C4CCCCC4)CC3)nc21. The number of thiophene rings is 1. The quantitative estimate of drug-likeness (QED) is 0.652. The van der Waals surface area contributed by atoms with Crippen LogP contribution in [0, 0.1) is 0 Å². The third-order valence-electron chi connectivity index (χ3n) is 6.51. The Morgan fingerprint density at radius 3 is 2.70 bits per heavy atom. The van der Waals surface area contributed by atoms with Gasteiger partial charge in [0.2, 0.25) is 5.95 Å². The zero-order valence-corrected chi connectivity index (χ0v) is 18.6. The number of hydrogen-bond acceptors (Lipinski definition) is 7. The number of aryl methyl sites for hydroxylation is 1. The van der Waals surface area contributed by atoms with Crippen LogP contribution in [0.5, 0.6) is 0 Å². The molecule has 1 saturated heterocycles. The molecule has 4 heterocycles. The van der Waals surface area contributed by atoms with E-state index >= 15 is 0 Å². The van der Waals surface area contributed by atoms with Crippen molar-refractivity contribution in [3.8, 4) is 0 Å². The zero-order valence-electron chi connectivity index (χ0n) is 17.8. The van der Waals surface area contributed by atoms with Gasteiger partial charge < -0.3 is 10.2 Å². The summed E-state index contributed by atoms with van der Waals surface area (Å²) in [5.41, 5.74) is 0.897. The van der Waals surface area contributed by atoms with Crippen LogP contribution < -0.4 is 10.2 Å². The van der Waals surface area contributed by atoms with Gasteiger partial charge in [0.05, 0.1) is 11.6 Å². The summed E-state index contributed by atoms with van der Waals surface area (Å²) in [6.45, 7) is 5.07. The Labute approximate surface area is 182 Å². The third kappa shape index (κ3) is 4.16. The van der Waals surface area contributed by atoms with Gasteiger partial charge in [-0.05, 0) is 30.7 Å². The largest absolute Gasteiger partial charge is 0.369 e. The van der Waals surface area contributed by atoms with Crippen molar-refractivity contribution < 1.29 is 0 Å². The highest BCUT2D eigenvalue weighted by atomic mass is 32.1. The van der Waals surface area contributed by atoms with Crippen molar-refractivity contribution in [3.05, 3.63) is 28.6 Å². The second-order valence-corrected chi connectivity index (χ2v) is 9.48. The van der Waals surface area contributed by atoms with Crippen molar-refractivity contribution in [1.29, 1.82) is 0 Å². The first-order chi connectivity index (χ1) is 14.8. The molecule has 1 N–H and O–H groups in total. The molecule has 1 saturated carbocycles. The molecule has 0 atom stereocenters. The van der Waals surface area contributed by atoms with E-state index in [1.54, 1.807) is 11.3 Å². The molecule has 0 radical (unpaired) electrons. The maximum absolute atomic E-state index is 4.93. The molecule has 1 aliphatic carbocycles. The molecule has 0 spiro atoms. The maximum Gasteiger partial charge on any atom is 0.229 e. The standard InChI is InChI=1S/C22H31N7S/c1-27-21-19(16-24-27)20(23-10-9-18-8-5-15-30-18)25-22(26-21)29-13-11-28(12-14-29)17-6-3-2-4-7-17/h5,8,15-17H,2-4,6-7,9-14H2,1H3,(H,23,25,26). The predicted octanol–water partition coefficient (Wildman–Crippen LogP) is 3.53. The van der Waals surface area contributed by atoms with Gasteiger partial charge in [-0.3, -0.25) is 9.58 Å². The van der Waals surface area contributed by atoms with Crippen molar-refractivity contribution in [2.24, 2.45) is 7.05 Å². The number of nitrogens with zero attached hydrogens (tertiary/aromatic N) is 6. The van der Waals surface area contributed by atoms with E-state index < -0.39 is 0 Å². The Morgan fingerprint density at radius 2 is 1.93 bits per heavy atom. The molecule has 3 aromatic heterocycles. The molecule has 2 aliphatic rings. The highest BCUT2D eigenvalue weighted by molar-refractivity contribution is 7.09. The molecule has 0 unspecified atom stereocenters. The minimum atomic E-state index is 0.788. The van der Waals surface area contributed by atoms with E-state index in [-0.39, 0.29) is 0 Å². The number of fused-ring (bicyclic) bond motifs is 1. The number of hydrogen-bond donors (Lipinski definition) is 1. The number of aromatic nitrogens is 4. The lowest BCUT2D eigenvalue weighted by Gasteiger charge is -2.40. The van der Waals surface area contributed by atoms with Gasteiger partial charge in [0, 0.05) is 50.7 Å². The van der Waals surface area contributed by atoms with Gasteiger partial charge in [-0.25, -0.2) is 0 Å². The van der Waals surface area contributed by atoms with Gasteiger partial charge in [0.15, 0.2) is 5.65 Å². The summed E-state index contributed by atoms with van der Waals surface area (Å²) >= 11 is 1.80. The molecule has 30 heavy (non-hydrogen) atoms. The van der Waals surface area contributed by atoms with Gasteiger partial charge >= 0.3 is 0 Å². The highest BCUT2D eigenvalue weighted by Gasteiger charge is 2.26. The average molecular weight is 426 g/mol. The first-order valence-corrected chi connectivity index (χ1v) is 12.1. The lowest BCUT2D eigenvalue weighted by molar-refractivity contribution is 0.147. The summed E-state index contributed by atoms with van der Waals surface area (Å²) in [7, 11) is 1.95. The molecule has 0 bridgehead atoms. The molecule has 7 nitrogen and oxygen atoms in total. The van der Waals surface area contributed by atoms with Crippen LogP contribution in [0.25, 0.3) is 11.0 Å². The van der Waals surface area contributed by atoms with Crippen LogP contribution in [-0.2, 0) is 13.5 Å². The summed E-state index contributed by atoms with van der Waals surface area (Å²) in [6.07, 6.45) is 9.81. The average Bonchev–Trinajstić information content (AvgIpc) is 3.45. The Hall–Kier alpha value is -2.19. The summed E-state index contributed by atoms with van der Waals surface area (Å²) in [5, 5.41) is 11.1. The van der Waals surface area contributed by atoms with Gasteiger partial charge in [-0.2, -0.15) is 15.1 Å². The van der Waals surface area contributed by atoms with Crippen LogP contribution in [0.15, 0.2) is 23.7 Å². The van der Waals surface area contributed by atoms with Crippen LogP contribution >= 0.6 is 11.3 Å². The molecule has 160 valence electrons. The smallest absolute Gasteiger partial charge is 0.229 e. The lowest BCUT2D eigenvalue weighted by Crippen LogP contribution is -2.51. The van der Waals surface area contributed by atoms with Gasteiger partial charge in [-0.1, -0.05) is 25.3 Å². The zero-order chi connectivity index (χ0) is 20.3. The number of anilines is 2. The minimum Gasteiger partial charge on any atom is -0.369 e. The molecular weight excluding hydrogens is 394 g/mol. The summed E-state index contributed by atoms with van der Waals surface area (Å²) in [4.78, 5) is 16.2. The van der Waals surface area contributed by atoms with Gasteiger partial charge in [0.1, 0.15) is 5.82 Å². The lowest BCUT2D eigenvalue weighted by atomic mass is 9.94. The van der Waals surface area contributed by atoms with E-state index in [9.17, 15) is 0 Å². The molecule has 1 aliphatic heterocycles. The molecule has 2 fully saturated rings. The third-order valence-corrected chi connectivity index (χ3v) is 7.45. The summed E-state index contributed by atoms with van der Waals surface area (Å²) in [5.74, 6) is 1.72. The summed E-state index contributed by atoms with van der Waals surface area (Å²) < 4.78 is 1.85. The Balaban J connectivity index is 1.30. The fourth-order valence-corrected chi connectivity index (χ4v) is 5.49. The maximum atomic E-state index is 4.93. The molecule has 0 aromatic carbocycles. The second kappa shape index (κ2) is 8.89. The molecule has 5 rings (SSSR count). The topological polar surface area (TPSA) is 62.1 Å². The second-order valence-electron chi connectivity index (χ2n) is 8.45. The number of rotatable bonds is 6. The van der Waals surface area contributed by atoms with Crippen molar-refractivity contribution in [1.82, 2.24) is 24.6 Å². The van der Waals surface area contributed by atoms with E-state index in [0.29, 0.717) is 0 Å². The van der Waals surface area contributed by atoms with E-state index in [1.807, 2.05) is 17.9 Å². The van der Waals surface area contributed by atoms with Crippen LogP contribution in [-0.4, -0.2) is 63.4 Å².